The summed E-state index contributed by atoms with van der Waals surface area (Å²) < 4.78 is 19.5. The summed E-state index contributed by atoms with van der Waals surface area (Å²) in [7, 11) is 0. The van der Waals surface area contributed by atoms with Gasteiger partial charge in [-0.3, -0.25) is 9.59 Å². The number of hydrogen-bond acceptors (Lipinski definition) is 4. The van der Waals surface area contributed by atoms with Gasteiger partial charge in [-0.15, -0.1) is 0 Å². The van der Waals surface area contributed by atoms with Gasteiger partial charge in [-0.2, -0.15) is 0 Å². The summed E-state index contributed by atoms with van der Waals surface area (Å²) in [5, 5.41) is 3.46. The summed E-state index contributed by atoms with van der Waals surface area (Å²) in [6.07, 6.45) is 0. The zero-order valence-corrected chi connectivity index (χ0v) is 19.5. The number of ether oxygens (including phenoxy) is 1. The van der Waals surface area contributed by atoms with Crippen molar-refractivity contribution in [3.63, 3.8) is 0 Å². The zero-order chi connectivity index (χ0) is 24.1. The van der Waals surface area contributed by atoms with E-state index in [1.165, 1.54) is 12.1 Å². The highest BCUT2D eigenvalue weighted by molar-refractivity contribution is 6.31. The van der Waals surface area contributed by atoms with Crippen molar-refractivity contribution >= 4 is 34.8 Å². The Bertz CT molecular complexity index is 1180. The number of rotatable bonds is 6. The Balaban J connectivity index is 1.26. The molecule has 0 unspecified atom stereocenters. The Morgan fingerprint density at radius 3 is 2.38 bits per heavy atom. The van der Waals surface area contributed by atoms with Crippen molar-refractivity contribution in [1.29, 1.82) is 0 Å². The first-order valence-corrected chi connectivity index (χ1v) is 11.4. The van der Waals surface area contributed by atoms with E-state index in [0.717, 1.165) is 11.3 Å². The van der Waals surface area contributed by atoms with Crippen LogP contribution in [0.3, 0.4) is 0 Å². The second kappa shape index (κ2) is 10.6. The maximum atomic E-state index is 13.9. The molecule has 0 saturated carbocycles. The van der Waals surface area contributed by atoms with E-state index in [2.05, 4.69) is 10.2 Å². The maximum absolute atomic E-state index is 13.9. The van der Waals surface area contributed by atoms with Crippen LogP contribution in [0.4, 0.5) is 15.8 Å². The van der Waals surface area contributed by atoms with Gasteiger partial charge in [0.05, 0.1) is 5.56 Å². The van der Waals surface area contributed by atoms with Crippen LogP contribution in [0.1, 0.15) is 15.9 Å². The summed E-state index contributed by atoms with van der Waals surface area (Å²) in [5.74, 6) is -0.464. The molecule has 1 aliphatic heterocycles. The first-order chi connectivity index (χ1) is 16.4. The van der Waals surface area contributed by atoms with E-state index < -0.39 is 5.82 Å². The lowest BCUT2D eigenvalue weighted by atomic mass is 10.1. The average Bonchev–Trinajstić information content (AvgIpc) is 2.85. The Hall–Kier alpha value is -3.58. The molecule has 0 bridgehead atoms. The number of hydrogen-bond donors (Lipinski definition) is 1. The smallest absolute Gasteiger partial charge is 0.262 e. The second-order valence-corrected chi connectivity index (χ2v) is 8.46. The highest BCUT2D eigenvalue weighted by Gasteiger charge is 2.24. The molecule has 0 aromatic heterocycles. The van der Waals surface area contributed by atoms with E-state index in [0.29, 0.717) is 42.6 Å². The van der Waals surface area contributed by atoms with Crippen molar-refractivity contribution in [3.05, 3.63) is 88.7 Å². The molecule has 1 aliphatic rings. The van der Waals surface area contributed by atoms with E-state index in [4.69, 9.17) is 16.3 Å². The predicted octanol–water partition coefficient (Wildman–Crippen LogP) is 4.77. The third kappa shape index (κ3) is 5.66. The van der Waals surface area contributed by atoms with Crippen LogP contribution < -0.4 is 15.0 Å². The van der Waals surface area contributed by atoms with Gasteiger partial charge in [0.25, 0.3) is 11.8 Å². The minimum Gasteiger partial charge on any atom is -0.484 e. The minimum absolute atomic E-state index is 0.103. The van der Waals surface area contributed by atoms with Crippen molar-refractivity contribution in [3.8, 4) is 5.75 Å². The molecule has 0 spiro atoms. The van der Waals surface area contributed by atoms with Crippen LogP contribution in [0.15, 0.2) is 66.7 Å². The lowest BCUT2D eigenvalue weighted by Gasteiger charge is -2.36. The van der Waals surface area contributed by atoms with E-state index in [1.807, 2.05) is 31.2 Å². The fourth-order valence-corrected chi connectivity index (χ4v) is 3.90. The fourth-order valence-electron chi connectivity index (χ4n) is 3.78. The van der Waals surface area contributed by atoms with Crippen LogP contribution in [0.25, 0.3) is 0 Å². The molecule has 4 rings (SSSR count). The lowest BCUT2D eigenvalue weighted by Crippen LogP contribution is -2.49. The molecule has 3 aromatic rings. The van der Waals surface area contributed by atoms with Gasteiger partial charge >= 0.3 is 0 Å². The number of benzene rings is 3. The number of carbonyl (C=O) groups excluding carboxylic acids is 2. The standard InChI is InChI=1S/C26H25ClFN3O3/c1-18-16-21(10-11-23(18)27)34-17-25(32)29-19-6-8-20(9-7-19)30-12-14-31(15-13-30)26(33)22-4-2-3-5-24(22)28/h2-11,16H,12-15,17H2,1H3,(H,29,32). The van der Waals surface area contributed by atoms with Gasteiger partial charge in [0.1, 0.15) is 11.6 Å². The number of amides is 2. The number of anilines is 2. The van der Waals surface area contributed by atoms with Crippen molar-refractivity contribution in [2.24, 2.45) is 0 Å². The van der Waals surface area contributed by atoms with Crippen LogP contribution in [0.5, 0.6) is 5.75 Å². The van der Waals surface area contributed by atoms with E-state index in [-0.39, 0.29) is 24.0 Å². The van der Waals surface area contributed by atoms with Crippen LogP contribution in [0.2, 0.25) is 5.02 Å². The normalized spacial score (nSPS) is 13.5. The quantitative estimate of drug-likeness (QED) is 0.551. The minimum atomic E-state index is -0.499. The number of halogens is 2. The van der Waals surface area contributed by atoms with Crippen molar-refractivity contribution < 1.29 is 18.7 Å². The molecule has 1 N–H and O–H groups in total. The molecule has 34 heavy (non-hydrogen) atoms. The van der Waals surface area contributed by atoms with Gasteiger partial charge in [-0.1, -0.05) is 23.7 Å². The molecular weight excluding hydrogens is 457 g/mol. The molecule has 3 aromatic carbocycles. The topological polar surface area (TPSA) is 61.9 Å². The Kier molecular flexibility index (Phi) is 7.33. The van der Waals surface area contributed by atoms with Gasteiger partial charge in [0.15, 0.2) is 6.61 Å². The second-order valence-electron chi connectivity index (χ2n) is 8.05. The SMILES string of the molecule is Cc1cc(OCC(=O)Nc2ccc(N3CCN(C(=O)c4ccccc4F)CC3)cc2)ccc1Cl. The first kappa shape index (κ1) is 23.6. The molecule has 1 saturated heterocycles. The Morgan fingerprint density at radius 1 is 1.00 bits per heavy atom. The molecule has 2 amide bonds. The molecule has 1 fully saturated rings. The number of nitrogens with one attached hydrogen (secondary N) is 1. The molecule has 176 valence electrons. The van der Waals surface area contributed by atoms with Crippen LogP contribution in [-0.4, -0.2) is 49.5 Å². The number of aryl methyl sites for hydroxylation is 1. The molecular formula is C26H25ClFN3O3. The van der Waals surface area contributed by atoms with E-state index in [1.54, 1.807) is 35.2 Å². The fraction of sp³-hybridized carbons (Fsp3) is 0.231. The molecule has 0 aliphatic carbocycles. The molecule has 8 heteroatoms. The van der Waals surface area contributed by atoms with Crippen molar-refractivity contribution in [1.82, 2.24) is 4.90 Å². The molecule has 0 atom stereocenters. The van der Waals surface area contributed by atoms with Crippen molar-refractivity contribution in [2.45, 2.75) is 6.92 Å². The largest absolute Gasteiger partial charge is 0.484 e. The Labute approximate surface area is 202 Å². The zero-order valence-electron chi connectivity index (χ0n) is 18.8. The summed E-state index contributed by atoms with van der Waals surface area (Å²) >= 11 is 6.00. The van der Waals surface area contributed by atoms with Gasteiger partial charge in [-0.05, 0) is 67.1 Å². The molecule has 0 radical (unpaired) electrons. The van der Waals surface area contributed by atoms with Gasteiger partial charge < -0.3 is 19.9 Å². The van der Waals surface area contributed by atoms with E-state index in [9.17, 15) is 14.0 Å². The monoisotopic (exact) mass is 481 g/mol. The van der Waals surface area contributed by atoms with Crippen LogP contribution >= 0.6 is 11.6 Å². The molecule has 6 nitrogen and oxygen atoms in total. The van der Waals surface area contributed by atoms with Gasteiger partial charge in [-0.25, -0.2) is 4.39 Å². The number of piperazine rings is 1. The summed E-state index contributed by atoms with van der Waals surface area (Å²) in [4.78, 5) is 28.7. The summed E-state index contributed by atoms with van der Waals surface area (Å²) in [6.45, 7) is 4.05. The highest BCUT2D eigenvalue weighted by Crippen LogP contribution is 2.22. The van der Waals surface area contributed by atoms with Crippen LogP contribution in [-0.2, 0) is 4.79 Å². The Morgan fingerprint density at radius 2 is 1.71 bits per heavy atom. The first-order valence-electron chi connectivity index (χ1n) is 11.0. The van der Waals surface area contributed by atoms with Crippen LogP contribution in [0, 0.1) is 12.7 Å². The third-order valence-electron chi connectivity index (χ3n) is 5.69. The average molecular weight is 482 g/mol. The van der Waals surface area contributed by atoms with E-state index >= 15 is 0 Å². The summed E-state index contributed by atoms with van der Waals surface area (Å²) in [6, 6.07) is 18.8. The molecule has 1 heterocycles. The highest BCUT2D eigenvalue weighted by atomic mass is 35.5. The lowest BCUT2D eigenvalue weighted by molar-refractivity contribution is -0.118. The number of carbonyl (C=O) groups is 2. The predicted molar refractivity (Wildman–Crippen MR) is 131 cm³/mol. The van der Waals surface area contributed by atoms with Gasteiger partial charge in [0, 0.05) is 42.6 Å². The summed E-state index contributed by atoms with van der Waals surface area (Å²) in [5.41, 5.74) is 2.64. The van der Waals surface area contributed by atoms with Crippen molar-refractivity contribution in [2.75, 3.05) is 43.0 Å². The third-order valence-corrected chi connectivity index (χ3v) is 6.11. The number of nitrogens with zero attached hydrogens (tertiary/aromatic N) is 2. The maximum Gasteiger partial charge on any atom is 0.262 e. The van der Waals surface area contributed by atoms with Gasteiger partial charge in [0.2, 0.25) is 0 Å².